The van der Waals surface area contributed by atoms with Crippen LogP contribution in [0.3, 0.4) is 0 Å². The van der Waals surface area contributed by atoms with Gasteiger partial charge in [0, 0.05) is 20.0 Å². The molecule has 0 aliphatic rings. The second kappa shape index (κ2) is 7.03. The molecule has 0 heterocycles. The lowest BCUT2D eigenvalue weighted by molar-refractivity contribution is 0.584. The number of halogens is 4. The second-order valence-electron chi connectivity index (χ2n) is 4.48. The molecular weight excluding hydrogens is 408 g/mol. The standard InChI is InChI=1S/C15H13Br2ClFN/c1-20-15(10-4-11(16)8-12(17)5-10)7-9-6-13(19)2-3-14(9)18/h2-6,8,15,20H,7H2,1H3. The predicted molar refractivity (Wildman–Crippen MR) is 88.8 cm³/mol. The van der Waals surface area contributed by atoms with Crippen LogP contribution in [-0.2, 0) is 6.42 Å². The molecule has 0 spiro atoms. The quantitative estimate of drug-likeness (QED) is 0.687. The molecule has 2 aromatic rings. The molecule has 1 atom stereocenters. The Hall–Kier alpha value is -0.420. The van der Waals surface area contributed by atoms with Crippen LogP contribution >= 0.6 is 43.5 Å². The Balaban J connectivity index is 2.30. The van der Waals surface area contributed by atoms with E-state index in [0.29, 0.717) is 11.4 Å². The molecule has 0 bridgehead atoms. The third-order valence-electron chi connectivity index (χ3n) is 3.07. The van der Waals surface area contributed by atoms with Crippen LogP contribution in [0, 0.1) is 5.82 Å². The molecule has 20 heavy (non-hydrogen) atoms. The Kier molecular flexibility index (Phi) is 5.61. The van der Waals surface area contributed by atoms with E-state index in [1.807, 2.05) is 25.2 Å². The number of nitrogens with one attached hydrogen (secondary N) is 1. The molecule has 1 nitrogen and oxygen atoms in total. The molecule has 2 rings (SSSR count). The minimum atomic E-state index is -0.269. The molecule has 0 saturated carbocycles. The van der Waals surface area contributed by atoms with Gasteiger partial charge in [-0.15, -0.1) is 0 Å². The van der Waals surface area contributed by atoms with E-state index in [-0.39, 0.29) is 11.9 Å². The Morgan fingerprint density at radius 2 is 1.80 bits per heavy atom. The highest BCUT2D eigenvalue weighted by molar-refractivity contribution is 9.11. The number of rotatable bonds is 4. The van der Waals surface area contributed by atoms with Crippen LogP contribution < -0.4 is 5.32 Å². The third kappa shape index (κ3) is 4.04. The van der Waals surface area contributed by atoms with Crippen LogP contribution in [0.25, 0.3) is 0 Å². The Bertz CT molecular complexity index is 599. The summed E-state index contributed by atoms with van der Waals surface area (Å²) in [7, 11) is 1.88. The van der Waals surface area contributed by atoms with Gasteiger partial charge < -0.3 is 5.32 Å². The van der Waals surface area contributed by atoms with Gasteiger partial charge in [-0.25, -0.2) is 4.39 Å². The summed E-state index contributed by atoms with van der Waals surface area (Å²) in [6.45, 7) is 0. The normalized spacial score (nSPS) is 12.4. The molecule has 2 aromatic carbocycles. The van der Waals surface area contributed by atoms with Crippen LogP contribution in [0.4, 0.5) is 4.39 Å². The van der Waals surface area contributed by atoms with Crippen molar-refractivity contribution in [2.24, 2.45) is 0 Å². The number of likely N-dealkylation sites (N-methyl/N-ethyl adjacent to an activating group) is 1. The van der Waals surface area contributed by atoms with E-state index >= 15 is 0 Å². The summed E-state index contributed by atoms with van der Waals surface area (Å²) in [5.41, 5.74) is 1.90. The van der Waals surface area contributed by atoms with Crippen LogP contribution in [0.2, 0.25) is 5.02 Å². The maximum absolute atomic E-state index is 13.3. The summed E-state index contributed by atoms with van der Waals surface area (Å²) in [5.74, 6) is -0.269. The number of hydrogen-bond acceptors (Lipinski definition) is 1. The van der Waals surface area contributed by atoms with E-state index in [9.17, 15) is 4.39 Å². The summed E-state index contributed by atoms with van der Waals surface area (Å²) in [5, 5.41) is 3.83. The number of benzene rings is 2. The van der Waals surface area contributed by atoms with E-state index < -0.39 is 0 Å². The largest absolute Gasteiger partial charge is 0.313 e. The average Bonchev–Trinajstić information content (AvgIpc) is 2.38. The van der Waals surface area contributed by atoms with Crippen molar-refractivity contribution < 1.29 is 4.39 Å². The van der Waals surface area contributed by atoms with E-state index in [0.717, 1.165) is 20.1 Å². The van der Waals surface area contributed by atoms with Gasteiger partial charge in [0.1, 0.15) is 5.82 Å². The van der Waals surface area contributed by atoms with Crippen molar-refractivity contribution >= 4 is 43.5 Å². The maximum Gasteiger partial charge on any atom is 0.123 e. The Morgan fingerprint density at radius 3 is 2.40 bits per heavy atom. The van der Waals surface area contributed by atoms with Crippen molar-refractivity contribution in [3.8, 4) is 0 Å². The fourth-order valence-corrected chi connectivity index (χ4v) is 3.61. The summed E-state index contributed by atoms with van der Waals surface area (Å²) in [4.78, 5) is 0. The van der Waals surface area contributed by atoms with Crippen molar-refractivity contribution in [1.82, 2.24) is 5.32 Å². The van der Waals surface area contributed by atoms with Gasteiger partial charge >= 0.3 is 0 Å². The molecule has 0 amide bonds. The minimum Gasteiger partial charge on any atom is -0.313 e. The fourth-order valence-electron chi connectivity index (χ4n) is 2.08. The van der Waals surface area contributed by atoms with E-state index in [1.54, 1.807) is 6.07 Å². The van der Waals surface area contributed by atoms with Crippen molar-refractivity contribution in [1.29, 1.82) is 0 Å². The molecule has 0 saturated heterocycles. The van der Waals surface area contributed by atoms with Crippen molar-refractivity contribution in [3.05, 3.63) is 67.3 Å². The molecule has 0 aliphatic carbocycles. The highest BCUT2D eigenvalue weighted by Gasteiger charge is 2.14. The average molecular weight is 422 g/mol. The lowest BCUT2D eigenvalue weighted by Gasteiger charge is -2.18. The van der Waals surface area contributed by atoms with E-state index in [4.69, 9.17) is 11.6 Å². The SMILES string of the molecule is CNC(Cc1cc(F)ccc1Cl)c1cc(Br)cc(Br)c1. The second-order valence-corrected chi connectivity index (χ2v) is 6.72. The first-order chi connectivity index (χ1) is 9.49. The zero-order chi connectivity index (χ0) is 14.7. The van der Waals surface area contributed by atoms with Gasteiger partial charge in [-0.3, -0.25) is 0 Å². The van der Waals surface area contributed by atoms with Gasteiger partial charge in [-0.1, -0.05) is 43.5 Å². The molecule has 0 aromatic heterocycles. The highest BCUT2D eigenvalue weighted by atomic mass is 79.9. The monoisotopic (exact) mass is 419 g/mol. The summed E-state index contributed by atoms with van der Waals surface area (Å²) in [6, 6.07) is 10.6. The molecule has 0 fully saturated rings. The van der Waals surface area contributed by atoms with Crippen molar-refractivity contribution in [2.45, 2.75) is 12.5 Å². The summed E-state index contributed by atoms with van der Waals surface area (Å²) >= 11 is 13.1. The van der Waals surface area contributed by atoms with Crippen molar-refractivity contribution in [2.75, 3.05) is 7.05 Å². The third-order valence-corrected chi connectivity index (χ3v) is 4.35. The first-order valence-electron chi connectivity index (χ1n) is 6.07. The van der Waals surface area contributed by atoms with Crippen LogP contribution in [0.5, 0.6) is 0 Å². The van der Waals surface area contributed by atoms with Crippen LogP contribution in [-0.4, -0.2) is 7.05 Å². The van der Waals surface area contributed by atoms with Crippen molar-refractivity contribution in [3.63, 3.8) is 0 Å². The van der Waals surface area contributed by atoms with Crippen LogP contribution in [0.15, 0.2) is 45.3 Å². The maximum atomic E-state index is 13.3. The Labute approximate surface area is 139 Å². The smallest absolute Gasteiger partial charge is 0.123 e. The zero-order valence-electron chi connectivity index (χ0n) is 10.8. The molecule has 106 valence electrons. The van der Waals surface area contributed by atoms with Gasteiger partial charge in [-0.05, 0) is 61.0 Å². The lowest BCUT2D eigenvalue weighted by atomic mass is 9.99. The first-order valence-corrected chi connectivity index (χ1v) is 8.03. The lowest BCUT2D eigenvalue weighted by Crippen LogP contribution is -2.19. The molecule has 1 N–H and O–H groups in total. The highest BCUT2D eigenvalue weighted by Crippen LogP contribution is 2.28. The molecular formula is C15H13Br2ClFN. The van der Waals surface area contributed by atoms with Gasteiger partial charge in [0.05, 0.1) is 0 Å². The minimum absolute atomic E-state index is 0.0584. The first kappa shape index (κ1) is 16.0. The topological polar surface area (TPSA) is 12.0 Å². The van der Waals surface area contributed by atoms with Crippen LogP contribution in [0.1, 0.15) is 17.2 Å². The van der Waals surface area contributed by atoms with Gasteiger partial charge in [0.25, 0.3) is 0 Å². The predicted octanol–water partition coefficient (Wildman–Crippen LogP) is 5.51. The summed E-state index contributed by atoms with van der Waals surface area (Å²) in [6.07, 6.45) is 0.621. The fraction of sp³-hybridized carbons (Fsp3) is 0.200. The van der Waals surface area contributed by atoms with Gasteiger partial charge in [-0.2, -0.15) is 0 Å². The molecule has 0 radical (unpaired) electrons. The van der Waals surface area contributed by atoms with Gasteiger partial charge in [0.2, 0.25) is 0 Å². The number of hydrogen-bond donors (Lipinski definition) is 1. The molecule has 5 heteroatoms. The van der Waals surface area contributed by atoms with E-state index in [1.165, 1.54) is 12.1 Å². The van der Waals surface area contributed by atoms with E-state index in [2.05, 4.69) is 37.2 Å². The Morgan fingerprint density at radius 1 is 1.15 bits per heavy atom. The summed E-state index contributed by atoms with van der Waals surface area (Å²) < 4.78 is 15.3. The molecule has 1 unspecified atom stereocenters. The van der Waals surface area contributed by atoms with Gasteiger partial charge in [0.15, 0.2) is 0 Å². The zero-order valence-corrected chi connectivity index (χ0v) is 14.7. The molecule has 0 aliphatic heterocycles.